The van der Waals surface area contributed by atoms with Crippen molar-refractivity contribution in [2.24, 2.45) is 0 Å². The Kier molecular flexibility index (Phi) is 5.76. The fourth-order valence-corrected chi connectivity index (χ4v) is 3.66. The zero-order chi connectivity index (χ0) is 17.7. The van der Waals surface area contributed by atoms with Gasteiger partial charge in [-0.15, -0.1) is 0 Å². The Morgan fingerprint density at radius 1 is 1.32 bits per heavy atom. The average Bonchev–Trinajstić information content (AvgIpc) is 2.62. The summed E-state index contributed by atoms with van der Waals surface area (Å²) in [6.45, 7) is 5.72. The van der Waals surface area contributed by atoms with Crippen LogP contribution in [0, 0.1) is 0 Å². The van der Waals surface area contributed by atoms with E-state index in [9.17, 15) is 4.79 Å². The van der Waals surface area contributed by atoms with Crippen molar-refractivity contribution in [3.63, 3.8) is 0 Å². The number of benzene rings is 1. The van der Waals surface area contributed by atoms with Crippen molar-refractivity contribution in [1.29, 1.82) is 0 Å². The van der Waals surface area contributed by atoms with Gasteiger partial charge in [-0.1, -0.05) is 29.8 Å². The lowest BCUT2D eigenvalue weighted by atomic mass is 9.87. The van der Waals surface area contributed by atoms with Crippen molar-refractivity contribution in [2.75, 3.05) is 33.4 Å². The molecule has 0 radical (unpaired) electrons. The molecule has 0 atom stereocenters. The third kappa shape index (κ3) is 4.61. The minimum absolute atomic E-state index is 0.0538. The van der Waals surface area contributed by atoms with E-state index in [0.717, 1.165) is 50.3 Å². The molecule has 2 aliphatic rings. The smallest absolute Gasteiger partial charge is 0.234 e. The molecule has 0 saturated carbocycles. The molecule has 3 rings (SSSR count). The summed E-state index contributed by atoms with van der Waals surface area (Å²) in [5.74, 6) is 0.859. The molecule has 2 heterocycles. The van der Waals surface area contributed by atoms with E-state index in [2.05, 4.69) is 23.2 Å². The summed E-state index contributed by atoms with van der Waals surface area (Å²) >= 11 is 0. The van der Waals surface area contributed by atoms with Crippen LogP contribution in [0.3, 0.4) is 0 Å². The molecule has 5 nitrogen and oxygen atoms in total. The molecular formula is C20H28N2O3. The van der Waals surface area contributed by atoms with E-state index >= 15 is 0 Å². The van der Waals surface area contributed by atoms with Gasteiger partial charge in [-0.25, -0.2) is 0 Å². The van der Waals surface area contributed by atoms with Crippen molar-refractivity contribution in [1.82, 2.24) is 10.2 Å². The highest BCUT2D eigenvalue weighted by Gasteiger charge is 2.35. The summed E-state index contributed by atoms with van der Waals surface area (Å²) in [5.41, 5.74) is 2.33. The van der Waals surface area contributed by atoms with Gasteiger partial charge in [-0.05, 0) is 32.3 Å². The molecule has 0 aromatic heterocycles. The van der Waals surface area contributed by atoms with Crippen molar-refractivity contribution < 1.29 is 14.3 Å². The lowest BCUT2D eigenvalue weighted by Gasteiger charge is -2.42. The highest BCUT2D eigenvalue weighted by atomic mass is 16.5. The number of ether oxygens (including phenoxy) is 2. The van der Waals surface area contributed by atoms with Crippen LogP contribution < -0.4 is 10.1 Å². The van der Waals surface area contributed by atoms with Gasteiger partial charge >= 0.3 is 0 Å². The third-order valence-corrected chi connectivity index (χ3v) is 5.13. The van der Waals surface area contributed by atoms with Crippen LogP contribution in [0.25, 0.3) is 0 Å². The predicted molar refractivity (Wildman–Crippen MR) is 97.6 cm³/mol. The number of nitrogens with one attached hydrogen (secondary N) is 1. The third-order valence-electron chi connectivity index (χ3n) is 5.13. The van der Waals surface area contributed by atoms with Gasteiger partial charge in [0, 0.05) is 25.2 Å². The van der Waals surface area contributed by atoms with Gasteiger partial charge in [0.2, 0.25) is 5.91 Å². The molecule has 1 aromatic rings. The Labute approximate surface area is 150 Å². The Morgan fingerprint density at radius 3 is 2.80 bits per heavy atom. The van der Waals surface area contributed by atoms with E-state index in [1.54, 1.807) is 7.11 Å². The quantitative estimate of drug-likeness (QED) is 0.834. The molecule has 2 aliphatic heterocycles. The number of carbonyl (C=O) groups excluding carboxylic acids is 1. The predicted octanol–water partition coefficient (Wildman–Crippen LogP) is 2.51. The zero-order valence-electron chi connectivity index (χ0n) is 15.2. The van der Waals surface area contributed by atoms with Crippen LogP contribution in [0.4, 0.5) is 0 Å². The topological polar surface area (TPSA) is 50.8 Å². The monoisotopic (exact) mass is 344 g/mol. The molecule has 1 aromatic carbocycles. The first-order valence-corrected chi connectivity index (χ1v) is 9.03. The lowest BCUT2D eigenvalue weighted by Crippen LogP contribution is -2.48. The summed E-state index contributed by atoms with van der Waals surface area (Å²) in [6, 6.07) is 7.76. The van der Waals surface area contributed by atoms with Gasteiger partial charge in [0.25, 0.3) is 0 Å². The molecular weight excluding hydrogens is 316 g/mol. The number of rotatable bonds is 5. The second-order valence-electron chi connectivity index (χ2n) is 7.02. The zero-order valence-corrected chi connectivity index (χ0v) is 15.2. The van der Waals surface area contributed by atoms with Crippen LogP contribution in [0.5, 0.6) is 5.75 Å². The van der Waals surface area contributed by atoms with Gasteiger partial charge in [-0.3, -0.25) is 9.69 Å². The SMILES string of the molecule is COc1ccccc1CNC(=O)CN1CCC2(C=C(C)CCO2)CC1. The molecule has 5 heteroatoms. The highest BCUT2D eigenvalue weighted by molar-refractivity contribution is 5.78. The maximum Gasteiger partial charge on any atom is 0.234 e. The van der Waals surface area contributed by atoms with Crippen LogP contribution in [0.2, 0.25) is 0 Å². The highest BCUT2D eigenvalue weighted by Crippen LogP contribution is 2.32. The van der Waals surface area contributed by atoms with E-state index in [4.69, 9.17) is 9.47 Å². The summed E-state index contributed by atoms with van der Waals surface area (Å²) in [6.07, 6.45) is 5.26. The number of hydrogen-bond acceptors (Lipinski definition) is 4. The second kappa shape index (κ2) is 8.02. The number of hydrogen-bond donors (Lipinski definition) is 1. The first kappa shape index (κ1) is 18.0. The maximum absolute atomic E-state index is 12.3. The molecule has 0 unspecified atom stereocenters. The molecule has 25 heavy (non-hydrogen) atoms. The summed E-state index contributed by atoms with van der Waals surface area (Å²) in [5, 5.41) is 3.00. The number of amides is 1. The summed E-state index contributed by atoms with van der Waals surface area (Å²) in [7, 11) is 1.65. The van der Waals surface area contributed by atoms with Crippen molar-refractivity contribution in [2.45, 2.75) is 38.3 Å². The van der Waals surface area contributed by atoms with Crippen LogP contribution >= 0.6 is 0 Å². The molecule has 1 spiro atoms. The Bertz CT molecular complexity index is 634. The van der Waals surface area contributed by atoms with E-state index < -0.39 is 0 Å². The van der Waals surface area contributed by atoms with Crippen LogP contribution in [-0.4, -0.2) is 49.8 Å². The number of carbonyl (C=O) groups is 1. The maximum atomic E-state index is 12.3. The van der Waals surface area contributed by atoms with E-state index in [1.165, 1.54) is 5.57 Å². The minimum Gasteiger partial charge on any atom is -0.496 e. The van der Waals surface area contributed by atoms with Gasteiger partial charge in [0.1, 0.15) is 5.75 Å². The second-order valence-corrected chi connectivity index (χ2v) is 7.02. The number of para-hydroxylation sites is 1. The van der Waals surface area contributed by atoms with E-state index in [1.807, 2.05) is 24.3 Å². The fourth-order valence-electron chi connectivity index (χ4n) is 3.66. The molecule has 1 saturated heterocycles. The molecule has 1 amide bonds. The molecule has 136 valence electrons. The Hall–Kier alpha value is -1.85. The summed E-state index contributed by atoms with van der Waals surface area (Å²) in [4.78, 5) is 14.5. The van der Waals surface area contributed by atoms with Crippen molar-refractivity contribution in [3.05, 3.63) is 41.5 Å². The number of nitrogens with zero attached hydrogens (tertiary/aromatic N) is 1. The van der Waals surface area contributed by atoms with Crippen LogP contribution in [0.1, 0.15) is 31.7 Å². The standard InChI is InChI=1S/C20H28N2O3/c1-16-7-12-25-20(13-16)8-10-22(11-9-20)15-19(23)21-14-17-5-3-4-6-18(17)24-2/h3-6,13H,7-12,14-15H2,1-2H3,(H,21,23). The summed E-state index contributed by atoms with van der Waals surface area (Å²) < 4.78 is 11.4. The Balaban J connectivity index is 1.46. The number of methoxy groups -OCH3 is 1. The number of likely N-dealkylation sites (tertiary alicyclic amines) is 1. The molecule has 0 aliphatic carbocycles. The first-order chi connectivity index (χ1) is 12.1. The normalized spacial score (nSPS) is 20.2. The number of piperidine rings is 1. The lowest BCUT2D eigenvalue weighted by molar-refractivity contribution is -0.124. The van der Waals surface area contributed by atoms with Gasteiger partial charge in [0.15, 0.2) is 0 Å². The van der Waals surface area contributed by atoms with E-state index in [0.29, 0.717) is 13.1 Å². The van der Waals surface area contributed by atoms with Crippen LogP contribution in [-0.2, 0) is 16.1 Å². The van der Waals surface area contributed by atoms with Gasteiger partial charge in [-0.2, -0.15) is 0 Å². The molecule has 1 N–H and O–H groups in total. The van der Waals surface area contributed by atoms with Crippen LogP contribution in [0.15, 0.2) is 35.9 Å². The Morgan fingerprint density at radius 2 is 2.08 bits per heavy atom. The van der Waals surface area contributed by atoms with Crippen molar-refractivity contribution in [3.8, 4) is 5.75 Å². The largest absolute Gasteiger partial charge is 0.496 e. The van der Waals surface area contributed by atoms with Gasteiger partial charge in [0.05, 0.1) is 25.9 Å². The van der Waals surface area contributed by atoms with Gasteiger partial charge < -0.3 is 14.8 Å². The van der Waals surface area contributed by atoms with E-state index in [-0.39, 0.29) is 11.5 Å². The minimum atomic E-state index is -0.0906. The fraction of sp³-hybridized carbons (Fsp3) is 0.550. The first-order valence-electron chi connectivity index (χ1n) is 9.03. The molecule has 1 fully saturated rings. The molecule has 0 bridgehead atoms. The van der Waals surface area contributed by atoms with Crippen molar-refractivity contribution >= 4 is 5.91 Å². The average molecular weight is 344 g/mol.